The van der Waals surface area contributed by atoms with Gasteiger partial charge >= 0.3 is 5.97 Å². The lowest BCUT2D eigenvalue weighted by Gasteiger charge is -2.38. The maximum Gasteiger partial charge on any atom is 0.303 e. The van der Waals surface area contributed by atoms with E-state index >= 15 is 0 Å². The van der Waals surface area contributed by atoms with E-state index in [9.17, 15) is 9.59 Å². The predicted octanol–water partition coefficient (Wildman–Crippen LogP) is 1.50. The second-order valence-corrected chi connectivity index (χ2v) is 4.26. The Kier molecular flexibility index (Phi) is 4.12. The highest BCUT2D eigenvalue weighted by molar-refractivity contribution is 5.73. The third-order valence-corrected chi connectivity index (χ3v) is 3.16. The van der Waals surface area contributed by atoms with Crippen molar-refractivity contribution < 1.29 is 14.7 Å². The number of likely N-dealkylation sites (tertiary alicyclic amines) is 1. The standard InChI is InChI=1S/C11H19NO3/c1-3-10-6-9(7-11(14)15)4-5-12(10)8(2)13/h9-10H,3-7H2,1-2H3,(H,14,15). The van der Waals surface area contributed by atoms with Crippen LogP contribution in [0.5, 0.6) is 0 Å². The first-order valence-electron chi connectivity index (χ1n) is 5.53. The van der Waals surface area contributed by atoms with E-state index < -0.39 is 5.97 Å². The number of amides is 1. The molecule has 1 aliphatic heterocycles. The van der Waals surface area contributed by atoms with Crippen LogP contribution in [-0.2, 0) is 9.59 Å². The molecule has 0 aromatic carbocycles. The average molecular weight is 213 g/mol. The van der Waals surface area contributed by atoms with Gasteiger partial charge < -0.3 is 10.0 Å². The molecule has 0 bridgehead atoms. The van der Waals surface area contributed by atoms with Crippen molar-refractivity contribution in [3.8, 4) is 0 Å². The van der Waals surface area contributed by atoms with E-state index in [4.69, 9.17) is 5.11 Å². The molecule has 86 valence electrons. The van der Waals surface area contributed by atoms with Gasteiger partial charge in [-0.15, -0.1) is 0 Å². The molecule has 1 saturated heterocycles. The lowest BCUT2D eigenvalue weighted by Crippen LogP contribution is -2.45. The van der Waals surface area contributed by atoms with Crippen LogP contribution in [0.25, 0.3) is 0 Å². The minimum absolute atomic E-state index is 0.107. The molecule has 0 aromatic rings. The van der Waals surface area contributed by atoms with Gasteiger partial charge in [0.05, 0.1) is 0 Å². The van der Waals surface area contributed by atoms with E-state index in [0.29, 0.717) is 6.54 Å². The molecule has 0 aromatic heterocycles. The van der Waals surface area contributed by atoms with Crippen LogP contribution in [-0.4, -0.2) is 34.5 Å². The molecule has 1 fully saturated rings. The Morgan fingerprint density at radius 1 is 1.47 bits per heavy atom. The summed E-state index contributed by atoms with van der Waals surface area (Å²) in [5, 5.41) is 8.72. The molecule has 15 heavy (non-hydrogen) atoms. The number of piperidine rings is 1. The lowest BCUT2D eigenvalue weighted by molar-refractivity contribution is -0.139. The summed E-state index contributed by atoms with van der Waals surface area (Å²) in [7, 11) is 0. The maximum absolute atomic E-state index is 11.3. The van der Waals surface area contributed by atoms with Gasteiger partial charge in [0.2, 0.25) is 5.91 Å². The minimum atomic E-state index is -0.730. The third-order valence-electron chi connectivity index (χ3n) is 3.16. The van der Waals surface area contributed by atoms with E-state index in [-0.39, 0.29) is 24.3 Å². The number of nitrogens with zero attached hydrogens (tertiary/aromatic N) is 1. The largest absolute Gasteiger partial charge is 0.481 e. The Bertz CT molecular complexity index is 252. The van der Waals surface area contributed by atoms with E-state index in [1.165, 1.54) is 0 Å². The molecule has 2 unspecified atom stereocenters. The Morgan fingerprint density at radius 2 is 2.13 bits per heavy atom. The number of carboxylic acid groups (broad SMARTS) is 1. The molecule has 1 heterocycles. The summed E-state index contributed by atoms with van der Waals surface area (Å²) < 4.78 is 0. The number of carboxylic acids is 1. The van der Waals surface area contributed by atoms with Crippen LogP contribution >= 0.6 is 0 Å². The number of carbonyl (C=O) groups excluding carboxylic acids is 1. The fourth-order valence-corrected chi connectivity index (χ4v) is 2.37. The van der Waals surface area contributed by atoms with E-state index in [1.807, 2.05) is 11.8 Å². The van der Waals surface area contributed by atoms with Crippen molar-refractivity contribution in [1.82, 2.24) is 4.90 Å². The van der Waals surface area contributed by atoms with Crippen molar-refractivity contribution in [1.29, 1.82) is 0 Å². The van der Waals surface area contributed by atoms with E-state index in [1.54, 1.807) is 6.92 Å². The van der Waals surface area contributed by atoms with Gasteiger partial charge in [0.25, 0.3) is 0 Å². The molecular formula is C11H19NO3. The summed E-state index contributed by atoms with van der Waals surface area (Å²) >= 11 is 0. The number of carbonyl (C=O) groups is 2. The second kappa shape index (κ2) is 5.14. The van der Waals surface area contributed by atoms with Crippen molar-refractivity contribution in [3.63, 3.8) is 0 Å². The summed E-state index contributed by atoms with van der Waals surface area (Å²) in [5.41, 5.74) is 0. The quantitative estimate of drug-likeness (QED) is 0.772. The Morgan fingerprint density at radius 3 is 2.60 bits per heavy atom. The lowest BCUT2D eigenvalue weighted by atomic mass is 9.87. The van der Waals surface area contributed by atoms with Crippen LogP contribution in [0.3, 0.4) is 0 Å². The molecule has 1 amide bonds. The SMILES string of the molecule is CCC1CC(CC(=O)O)CCN1C(C)=O. The molecule has 4 nitrogen and oxygen atoms in total. The van der Waals surface area contributed by atoms with Gasteiger partial charge in [-0.25, -0.2) is 0 Å². The van der Waals surface area contributed by atoms with Crippen LogP contribution in [0.1, 0.15) is 39.5 Å². The molecule has 1 rings (SSSR count). The van der Waals surface area contributed by atoms with Crippen LogP contribution in [0, 0.1) is 5.92 Å². The molecule has 1 aliphatic rings. The normalized spacial score (nSPS) is 26.4. The monoisotopic (exact) mass is 213 g/mol. The summed E-state index contributed by atoms with van der Waals surface area (Å²) in [4.78, 5) is 23.8. The van der Waals surface area contributed by atoms with Crippen LogP contribution in [0.15, 0.2) is 0 Å². The van der Waals surface area contributed by atoms with Gasteiger partial charge in [0.1, 0.15) is 0 Å². The van der Waals surface area contributed by atoms with Gasteiger partial charge in [-0.2, -0.15) is 0 Å². The summed E-state index contributed by atoms with van der Waals surface area (Å²) in [6, 6.07) is 0.237. The van der Waals surface area contributed by atoms with Crippen LogP contribution in [0.2, 0.25) is 0 Å². The minimum Gasteiger partial charge on any atom is -0.481 e. The zero-order chi connectivity index (χ0) is 11.4. The van der Waals surface area contributed by atoms with E-state index in [0.717, 1.165) is 19.3 Å². The molecule has 2 atom stereocenters. The van der Waals surface area contributed by atoms with Crippen molar-refractivity contribution in [2.75, 3.05) is 6.54 Å². The number of rotatable bonds is 3. The highest BCUT2D eigenvalue weighted by Gasteiger charge is 2.29. The molecule has 0 spiro atoms. The Balaban J connectivity index is 2.54. The van der Waals surface area contributed by atoms with Crippen LogP contribution < -0.4 is 0 Å². The first-order chi connectivity index (χ1) is 7.04. The number of aliphatic carboxylic acids is 1. The van der Waals surface area contributed by atoms with Gasteiger partial charge in [-0.3, -0.25) is 9.59 Å². The second-order valence-electron chi connectivity index (χ2n) is 4.26. The maximum atomic E-state index is 11.3. The Hall–Kier alpha value is -1.06. The summed E-state index contributed by atoms with van der Waals surface area (Å²) in [6.07, 6.45) is 2.81. The fourth-order valence-electron chi connectivity index (χ4n) is 2.37. The fraction of sp³-hybridized carbons (Fsp3) is 0.818. The molecule has 0 saturated carbocycles. The summed E-state index contributed by atoms with van der Waals surface area (Å²) in [6.45, 7) is 4.34. The number of hydrogen-bond donors (Lipinski definition) is 1. The third kappa shape index (κ3) is 3.22. The van der Waals surface area contributed by atoms with E-state index in [2.05, 4.69) is 0 Å². The van der Waals surface area contributed by atoms with Crippen LogP contribution in [0.4, 0.5) is 0 Å². The van der Waals surface area contributed by atoms with Gasteiger partial charge in [0, 0.05) is 25.9 Å². The zero-order valence-electron chi connectivity index (χ0n) is 9.40. The molecule has 0 aliphatic carbocycles. The predicted molar refractivity (Wildman–Crippen MR) is 56.4 cm³/mol. The van der Waals surface area contributed by atoms with Gasteiger partial charge in [-0.05, 0) is 25.2 Å². The first kappa shape index (κ1) is 12.0. The summed E-state index contributed by atoms with van der Waals surface area (Å²) in [5.74, 6) is -0.384. The van der Waals surface area contributed by atoms with Crippen molar-refractivity contribution in [2.45, 2.75) is 45.6 Å². The average Bonchev–Trinajstić information content (AvgIpc) is 2.16. The Labute approximate surface area is 90.3 Å². The first-order valence-corrected chi connectivity index (χ1v) is 5.53. The molecule has 0 radical (unpaired) electrons. The zero-order valence-corrected chi connectivity index (χ0v) is 9.40. The van der Waals surface area contributed by atoms with Crippen molar-refractivity contribution in [3.05, 3.63) is 0 Å². The highest BCUT2D eigenvalue weighted by atomic mass is 16.4. The van der Waals surface area contributed by atoms with Crippen molar-refractivity contribution in [2.24, 2.45) is 5.92 Å². The van der Waals surface area contributed by atoms with Gasteiger partial charge in [0.15, 0.2) is 0 Å². The van der Waals surface area contributed by atoms with Crippen molar-refractivity contribution >= 4 is 11.9 Å². The topological polar surface area (TPSA) is 57.6 Å². The number of hydrogen-bond acceptors (Lipinski definition) is 2. The highest BCUT2D eigenvalue weighted by Crippen LogP contribution is 2.27. The smallest absolute Gasteiger partial charge is 0.303 e. The van der Waals surface area contributed by atoms with Gasteiger partial charge in [-0.1, -0.05) is 6.92 Å². The molecule has 1 N–H and O–H groups in total. The molecule has 4 heteroatoms. The molecular weight excluding hydrogens is 194 g/mol.